The maximum Gasteiger partial charge on any atom is 0.282 e. The second-order valence-corrected chi connectivity index (χ2v) is 8.89. The molecular weight excluding hydrogens is 388 g/mol. The fourth-order valence-corrected chi connectivity index (χ4v) is 3.64. The Hall–Kier alpha value is -2.36. The van der Waals surface area contributed by atoms with Crippen LogP contribution < -0.4 is 10.6 Å². The molecule has 0 aliphatic rings. The maximum atomic E-state index is 13.9. The van der Waals surface area contributed by atoms with E-state index in [1.165, 1.54) is 44.4 Å². The Labute approximate surface area is 163 Å². The first-order valence-electron chi connectivity index (χ1n) is 8.65. The highest BCUT2D eigenvalue weighted by molar-refractivity contribution is 7.89. The minimum atomic E-state index is -3.62. The Morgan fingerprint density at radius 1 is 1.11 bits per heavy atom. The van der Waals surface area contributed by atoms with Crippen molar-refractivity contribution in [3.8, 4) is 0 Å². The minimum absolute atomic E-state index is 0.0636. The number of carbonyl (C=O) groups excluding carboxylic acids is 1. The molecule has 2 atom stereocenters. The number of nitrogens with one attached hydrogen (secondary N) is 1. The van der Waals surface area contributed by atoms with Gasteiger partial charge in [-0.2, -0.15) is 0 Å². The molecule has 0 fully saturated rings. The third-order valence-electron chi connectivity index (χ3n) is 4.32. The smallest absolute Gasteiger partial charge is 0.282 e. The standard InChI is InChI=1S/C19H23F2N3O3S/c1-12(17-9-8-14(20)10-18(17)21)22-13(2)19(25)23-15-6-5-7-16(11-15)28(26,27)24(3)4/h5-13,22H,1-4H3,(H,23,25)/p+1/t12-,13-/m1/s1. The molecule has 0 aromatic heterocycles. The highest BCUT2D eigenvalue weighted by atomic mass is 32.2. The van der Waals surface area contributed by atoms with Crippen molar-refractivity contribution in [1.29, 1.82) is 0 Å². The molecule has 1 amide bonds. The molecule has 0 heterocycles. The Kier molecular flexibility index (Phi) is 6.87. The van der Waals surface area contributed by atoms with Gasteiger partial charge >= 0.3 is 0 Å². The Bertz CT molecular complexity index is 965. The lowest BCUT2D eigenvalue weighted by atomic mass is 10.1. The van der Waals surface area contributed by atoms with Crippen LogP contribution in [0, 0.1) is 11.6 Å². The van der Waals surface area contributed by atoms with Gasteiger partial charge in [0.05, 0.1) is 4.90 Å². The molecule has 9 heteroatoms. The summed E-state index contributed by atoms with van der Waals surface area (Å²) in [6.45, 7) is 3.36. The van der Waals surface area contributed by atoms with Gasteiger partial charge in [0, 0.05) is 31.4 Å². The number of carbonyl (C=O) groups is 1. The van der Waals surface area contributed by atoms with E-state index in [-0.39, 0.29) is 10.8 Å². The molecule has 152 valence electrons. The van der Waals surface area contributed by atoms with E-state index < -0.39 is 33.7 Å². The molecule has 0 aliphatic carbocycles. The molecule has 0 spiro atoms. The predicted molar refractivity (Wildman–Crippen MR) is 102 cm³/mol. The average molecular weight is 412 g/mol. The van der Waals surface area contributed by atoms with Crippen molar-refractivity contribution in [3.05, 3.63) is 59.7 Å². The van der Waals surface area contributed by atoms with E-state index >= 15 is 0 Å². The summed E-state index contributed by atoms with van der Waals surface area (Å²) in [7, 11) is -0.768. The van der Waals surface area contributed by atoms with Crippen LogP contribution in [-0.4, -0.2) is 38.8 Å². The molecular formula is C19H24F2N3O3S+. The quantitative estimate of drug-likeness (QED) is 0.728. The molecule has 0 aliphatic heterocycles. The molecule has 6 nitrogen and oxygen atoms in total. The molecule has 3 N–H and O–H groups in total. The van der Waals surface area contributed by atoms with Crippen molar-refractivity contribution in [2.24, 2.45) is 0 Å². The summed E-state index contributed by atoms with van der Waals surface area (Å²) in [5, 5.41) is 4.31. The summed E-state index contributed by atoms with van der Waals surface area (Å²) in [6.07, 6.45) is 0. The van der Waals surface area contributed by atoms with Gasteiger partial charge in [0.2, 0.25) is 10.0 Å². The normalized spacial score (nSPS) is 14.0. The number of nitrogens with zero attached hydrogens (tertiary/aromatic N) is 1. The summed E-state index contributed by atoms with van der Waals surface area (Å²) in [4.78, 5) is 12.5. The van der Waals surface area contributed by atoms with Crippen LogP contribution in [0.5, 0.6) is 0 Å². The van der Waals surface area contributed by atoms with Crippen LogP contribution in [0.3, 0.4) is 0 Å². The summed E-state index contributed by atoms with van der Waals surface area (Å²) in [5.41, 5.74) is 0.633. The lowest BCUT2D eigenvalue weighted by Crippen LogP contribution is -2.91. The van der Waals surface area contributed by atoms with E-state index in [1.54, 1.807) is 25.2 Å². The fourth-order valence-electron chi connectivity index (χ4n) is 2.70. The summed E-state index contributed by atoms with van der Waals surface area (Å²) >= 11 is 0. The van der Waals surface area contributed by atoms with Crippen LogP contribution in [0.4, 0.5) is 14.5 Å². The summed E-state index contributed by atoms with van der Waals surface area (Å²) < 4.78 is 52.4. The number of rotatable bonds is 7. The molecule has 2 aromatic rings. The number of nitrogens with two attached hydrogens (primary N) is 1. The van der Waals surface area contributed by atoms with E-state index in [9.17, 15) is 22.0 Å². The van der Waals surface area contributed by atoms with Gasteiger partial charge in [-0.3, -0.25) is 4.79 Å². The van der Waals surface area contributed by atoms with Crippen LogP contribution in [0.2, 0.25) is 0 Å². The van der Waals surface area contributed by atoms with E-state index in [1.807, 2.05) is 0 Å². The van der Waals surface area contributed by atoms with Gasteiger partial charge in [0.15, 0.2) is 6.04 Å². The number of amides is 1. The number of halogens is 2. The molecule has 0 radical (unpaired) electrons. The van der Waals surface area contributed by atoms with Gasteiger partial charge in [-0.1, -0.05) is 6.07 Å². The lowest BCUT2D eigenvalue weighted by molar-refractivity contribution is -0.710. The molecule has 0 saturated carbocycles. The van der Waals surface area contributed by atoms with Crippen molar-refractivity contribution >= 4 is 21.6 Å². The van der Waals surface area contributed by atoms with Crippen LogP contribution >= 0.6 is 0 Å². The third-order valence-corrected chi connectivity index (χ3v) is 6.14. The van der Waals surface area contributed by atoms with Gasteiger partial charge in [-0.25, -0.2) is 21.5 Å². The van der Waals surface area contributed by atoms with Gasteiger partial charge in [0.1, 0.15) is 17.7 Å². The Morgan fingerprint density at radius 2 is 1.79 bits per heavy atom. The first-order chi connectivity index (χ1) is 13.0. The Balaban J connectivity index is 2.08. The molecule has 2 aromatic carbocycles. The van der Waals surface area contributed by atoms with Crippen LogP contribution in [0.1, 0.15) is 25.5 Å². The lowest BCUT2D eigenvalue weighted by Gasteiger charge is -2.18. The number of sulfonamides is 1. The molecule has 0 saturated heterocycles. The van der Waals surface area contributed by atoms with Crippen LogP contribution in [0.25, 0.3) is 0 Å². The van der Waals surface area contributed by atoms with E-state index in [0.29, 0.717) is 11.3 Å². The van der Waals surface area contributed by atoms with Gasteiger partial charge in [-0.15, -0.1) is 0 Å². The predicted octanol–water partition coefficient (Wildman–Crippen LogP) is 1.87. The second kappa shape index (κ2) is 8.76. The molecule has 0 bridgehead atoms. The number of hydrogen-bond acceptors (Lipinski definition) is 3. The highest BCUT2D eigenvalue weighted by Crippen LogP contribution is 2.18. The number of quaternary nitrogens is 1. The Morgan fingerprint density at radius 3 is 2.39 bits per heavy atom. The van der Waals surface area contributed by atoms with Gasteiger partial charge in [0.25, 0.3) is 5.91 Å². The topological polar surface area (TPSA) is 83.1 Å². The van der Waals surface area contributed by atoms with Crippen LogP contribution in [0.15, 0.2) is 47.4 Å². The fraction of sp³-hybridized carbons (Fsp3) is 0.316. The van der Waals surface area contributed by atoms with Crippen LogP contribution in [-0.2, 0) is 14.8 Å². The van der Waals surface area contributed by atoms with Gasteiger partial charge < -0.3 is 10.6 Å². The highest BCUT2D eigenvalue weighted by Gasteiger charge is 2.23. The van der Waals surface area contributed by atoms with Crippen molar-refractivity contribution in [2.75, 3.05) is 19.4 Å². The second-order valence-electron chi connectivity index (χ2n) is 6.74. The minimum Gasteiger partial charge on any atom is -0.330 e. The first-order valence-corrected chi connectivity index (χ1v) is 10.1. The number of hydrogen-bond donors (Lipinski definition) is 2. The van der Waals surface area contributed by atoms with E-state index in [0.717, 1.165) is 10.4 Å². The third kappa shape index (κ3) is 5.12. The van der Waals surface area contributed by atoms with Gasteiger partial charge in [-0.05, 0) is 44.2 Å². The molecule has 0 unspecified atom stereocenters. The summed E-state index contributed by atoms with van der Waals surface area (Å²) in [5.74, 6) is -1.70. The van der Waals surface area contributed by atoms with E-state index in [4.69, 9.17) is 0 Å². The number of anilines is 1. The van der Waals surface area contributed by atoms with Crippen molar-refractivity contribution < 1.29 is 27.3 Å². The molecule has 28 heavy (non-hydrogen) atoms. The zero-order valence-corrected chi connectivity index (χ0v) is 16.9. The van der Waals surface area contributed by atoms with Crippen molar-refractivity contribution in [1.82, 2.24) is 4.31 Å². The maximum absolute atomic E-state index is 13.9. The molecule has 2 rings (SSSR count). The zero-order chi connectivity index (χ0) is 21.1. The first kappa shape index (κ1) is 21.9. The number of benzene rings is 2. The SMILES string of the molecule is C[C@@H]([NH2+][C@H](C)c1ccc(F)cc1F)C(=O)Nc1cccc(S(=O)(=O)N(C)C)c1. The van der Waals surface area contributed by atoms with Crippen molar-refractivity contribution in [3.63, 3.8) is 0 Å². The summed E-state index contributed by atoms with van der Waals surface area (Å²) in [6, 6.07) is 8.27. The van der Waals surface area contributed by atoms with Crippen molar-refractivity contribution in [2.45, 2.75) is 30.8 Å². The monoisotopic (exact) mass is 412 g/mol. The zero-order valence-electron chi connectivity index (χ0n) is 16.1. The van der Waals surface area contributed by atoms with E-state index in [2.05, 4.69) is 5.32 Å². The largest absolute Gasteiger partial charge is 0.330 e. The average Bonchev–Trinajstić information content (AvgIpc) is 2.61.